The van der Waals surface area contributed by atoms with Gasteiger partial charge in [0.1, 0.15) is 29.7 Å². The topological polar surface area (TPSA) is 80.1 Å². The quantitative estimate of drug-likeness (QED) is 0.413. The number of hydrogen-bond acceptors (Lipinski definition) is 4. The fourth-order valence-electron chi connectivity index (χ4n) is 4.69. The van der Waals surface area contributed by atoms with Gasteiger partial charge in [-0.05, 0) is 66.9 Å². The third-order valence-electron chi connectivity index (χ3n) is 6.47. The van der Waals surface area contributed by atoms with Crippen molar-refractivity contribution in [3.63, 3.8) is 0 Å². The molecule has 184 valence electrons. The van der Waals surface area contributed by atoms with Crippen molar-refractivity contribution in [2.45, 2.75) is 44.3 Å². The van der Waals surface area contributed by atoms with Gasteiger partial charge in [-0.1, -0.05) is 42.3 Å². The molecule has 1 aromatic heterocycles. The minimum absolute atomic E-state index is 0.00452. The summed E-state index contributed by atoms with van der Waals surface area (Å²) in [5, 5.41) is 11.3. The number of hydrogen-bond donors (Lipinski definition) is 1. The first-order chi connectivity index (χ1) is 17.5. The maximum atomic E-state index is 13.9. The van der Waals surface area contributed by atoms with Gasteiger partial charge >= 0.3 is 0 Å². The maximum Gasteiger partial charge on any atom is 0.249 e. The Morgan fingerprint density at radius 1 is 0.944 bits per heavy atom. The Kier molecular flexibility index (Phi) is 6.71. The van der Waals surface area contributed by atoms with Crippen LogP contribution in [0.25, 0.3) is 11.0 Å². The Hall–Kier alpha value is -4.14. The number of carbonyl (C=O) groups is 2. The average Bonchev–Trinajstić information content (AvgIpc) is 3.54. The van der Waals surface area contributed by atoms with Crippen LogP contribution in [-0.2, 0) is 16.1 Å². The zero-order valence-corrected chi connectivity index (χ0v) is 19.5. The van der Waals surface area contributed by atoms with Crippen LogP contribution in [0.3, 0.4) is 0 Å². The monoisotopic (exact) mass is 489 g/mol. The second kappa shape index (κ2) is 10.2. The molecule has 1 heterocycles. The molecule has 1 saturated carbocycles. The molecule has 0 spiro atoms. The highest BCUT2D eigenvalue weighted by atomic mass is 19.1. The number of benzene rings is 3. The number of carbonyl (C=O) groups excluding carboxylic acids is 2. The van der Waals surface area contributed by atoms with E-state index in [0.717, 1.165) is 25.7 Å². The highest BCUT2D eigenvalue weighted by molar-refractivity contribution is 6.01. The molecule has 0 aliphatic heterocycles. The van der Waals surface area contributed by atoms with E-state index in [4.69, 9.17) is 0 Å². The van der Waals surface area contributed by atoms with E-state index in [0.29, 0.717) is 22.3 Å². The van der Waals surface area contributed by atoms with E-state index in [9.17, 15) is 18.4 Å². The molecular weight excluding hydrogens is 464 g/mol. The predicted octanol–water partition coefficient (Wildman–Crippen LogP) is 4.54. The van der Waals surface area contributed by atoms with Gasteiger partial charge in [-0.15, -0.1) is 5.10 Å². The van der Waals surface area contributed by atoms with Gasteiger partial charge in [0.25, 0.3) is 0 Å². The van der Waals surface area contributed by atoms with Gasteiger partial charge in [-0.2, -0.15) is 0 Å². The molecule has 36 heavy (non-hydrogen) atoms. The second-order valence-electron chi connectivity index (χ2n) is 8.92. The van der Waals surface area contributed by atoms with Gasteiger partial charge in [-0.25, -0.2) is 13.5 Å². The number of amides is 2. The molecule has 3 aromatic carbocycles. The first kappa shape index (κ1) is 23.6. The summed E-state index contributed by atoms with van der Waals surface area (Å²) in [7, 11) is 0. The number of anilines is 1. The molecule has 1 aliphatic carbocycles. The third kappa shape index (κ3) is 4.95. The van der Waals surface area contributed by atoms with E-state index in [1.807, 2.05) is 12.1 Å². The molecule has 0 bridgehead atoms. The minimum Gasteiger partial charge on any atom is -0.351 e. The first-order valence-electron chi connectivity index (χ1n) is 11.9. The van der Waals surface area contributed by atoms with Crippen LogP contribution in [0.4, 0.5) is 14.5 Å². The smallest absolute Gasteiger partial charge is 0.249 e. The maximum absolute atomic E-state index is 13.9. The van der Waals surface area contributed by atoms with Crippen molar-refractivity contribution in [2.75, 3.05) is 4.90 Å². The van der Waals surface area contributed by atoms with E-state index in [-0.39, 0.29) is 18.5 Å². The van der Waals surface area contributed by atoms with Crippen molar-refractivity contribution >= 4 is 28.5 Å². The van der Waals surface area contributed by atoms with Crippen LogP contribution in [0.5, 0.6) is 0 Å². The average molecular weight is 490 g/mol. The Morgan fingerprint density at radius 3 is 2.28 bits per heavy atom. The molecular formula is C27H25F2N5O2. The lowest BCUT2D eigenvalue weighted by Crippen LogP contribution is -2.47. The molecule has 1 fully saturated rings. The zero-order chi connectivity index (χ0) is 25.1. The normalized spacial score (nSPS) is 14.6. The fraction of sp³-hybridized carbons (Fsp3) is 0.259. The van der Waals surface area contributed by atoms with Crippen LogP contribution in [0, 0.1) is 11.6 Å². The van der Waals surface area contributed by atoms with Crippen LogP contribution in [0.15, 0.2) is 72.8 Å². The Balaban J connectivity index is 1.56. The third-order valence-corrected chi connectivity index (χ3v) is 6.47. The Labute approximate surface area is 206 Å². The molecule has 1 atom stereocenters. The van der Waals surface area contributed by atoms with Crippen LogP contribution < -0.4 is 10.2 Å². The first-order valence-corrected chi connectivity index (χ1v) is 11.9. The summed E-state index contributed by atoms with van der Waals surface area (Å²) in [6.45, 7) is -0.202. The number of aromatic nitrogens is 3. The van der Waals surface area contributed by atoms with Crippen LogP contribution in [0.2, 0.25) is 0 Å². The van der Waals surface area contributed by atoms with E-state index in [1.165, 1.54) is 58.1 Å². The largest absolute Gasteiger partial charge is 0.351 e. The lowest BCUT2D eigenvalue weighted by atomic mass is 10.0. The standard InChI is InChI=1S/C27H25F2N5O2/c28-19-11-9-18(10-12-19)26(27(36)30-21-5-1-2-6-21)34(22-15-13-20(29)14-16-22)25(35)17-33-24-8-4-3-7-23(24)31-32-33/h3-4,7-16,21,26H,1-2,5-6,17H2,(H,30,36)/t26-/m0/s1. The fourth-order valence-corrected chi connectivity index (χ4v) is 4.69. The van der Waals surface area contributed by atoms with Crippen molar-refractivity contribution < 1.29 is 18.4 Å². The summed E-state index contributed by atoms with van der Waals surface area (Å²) < 4.78 is 29.0. The van der Waals surface area contributed by atoms with E-state index in [1.54, 1.807) is 12.1 Å². The van der Waals surface area contributed by atoms with Gasteiger partial charge in [-0.3, -0.25) is 14.5 Å². The van der Waals surface area contributed by atoms with Crippen molar-refractivity contribution in [3.8, 4) is 0 Å². The lowest BCUT2D eigenvalue weighted by Gasteiger charge is -2.32. The SMILES string of the molecule is O=C(NC1CCCC1)[C@H](c1ccc(F)cc1)N(C(=O)Cn1nnc2ccccc21)c1ccc(F)cc1. The van der Waals surface area contributed by atoms with Crippen LogP contribution in [-0.4, -0.2) is 32.9 Å². The number of nitrogens with zero attached hydrogens (tertiary/aromatic N) is 4. The van der Waals surface area contributed by atoms with E-state index < -0.39 is 23.6 Å². The molecule has 0 saturated heterocycles. The van der Waals surface area contributed by atoms with Crippen LogP contribution in [0.1, 0.15) is 37.3 Å². The van der Waals surface area contributed by atoms with Crippen molar-refractivity contribution in [2.24, 2.45) is 0 Å². The summed E-state index contributed by atoms with van der Waals surface area (Å²) in [6.07, 6.45) is 3.76. The molecule has 0 unspecified atom stereocenters. The molecule has 0 radical (unpaired) electrons. The predicted molar refractivity (Wildman–Crippen MR) is 131 cm³/mol. The molecule has 1 N–H and O–H groups in total. The summed E-state index contributed by atoms with van der Waals surface area (Å²) in [4.78, 5) is 28.9. The molecule has 4 aromatic rings. The second-order valence-corrected chi connectivity index (χ2v) is 8.92. The lowest BCUT2D eigenvalue weighted by molar-refractivity contribution is -0.127. The van der Waals surface area contributed by atoms with Crippen molar-refractivity contribution in [1.29, 1.82) is 0 Å². The Bertz CT molecular complexity index is 1370. The summed E-state index contributed by atoms with van der Waals surface area (Å²) in [5.74, 6) is -1.76. The van der Waals surface area contributed by atoms with Crippen molar-refractivity contribution in [1.82, 2.24) is 20.3 Å². The van der Waals surface area contributed by atoms with Crippen LogP contribution >= 0.6 is 0 Å². The Morgan fingerprint density at radius 2 is 1.58 bits per heavy atom. The van der Waals surface area contributed by atoms with E-state index >= 15 is 0 Å². The van der Waals surface area contributed by atoms with Gasteiger partial charge in [0, 0.05) is 11.7 Å². The number of para-hydroxylation sites is 1. The van der Waals surface area contributed by atoms with Crippen molar-refractivity contribution in [3.05, 3.63) is 90.0 Å². The number of nitrogens with one attached hydrogen (secondary N) is 1. The number of halogens is 2. The highest BCUT2D eigenvalue weighted by Crippen LogP contribution is 2.30. The molecule has 9 heteroatoms. The molecule has 7 nitrogen and oxygen atoms in total. The van der Waals surface area contributed by atoms with Gasteiger partial charge in [0.15, 0.2) is 0 Å². The molecule has 2 amide bonds. The molecule has 5 rings (SSSR count). The summed E-state index contributed by atoms with van der Waals surface area (Å²) >= 11 is 0. The number of fused-ring (bicyclic) bond motifs is 1. The van der Waals surface area contributed by atoms with Gasteiger partial charge in [0.05, 0.1) is 5.52 Å². The van der Waals surface area contributed by atoms with E-state index in [2.05, 4.69) is 15.6 Å². The van der Waals surface area contributed by atoms with Gasteiger partial charge < -0.3 is 5.32 Å². The minimum atomic E-state index is -1.10. The summed E-state index contributed by atoms with van der Waals surface area (Å²) in [6, 6.07) is 17.0. The molecule has 1 aliphatic rings. The zero-order valence-electron chi connectivity index (χ0n) is 19.5. The highest BCUT2D eigenvalue weighted by Gasteiger charge is 2.34. The summed E-state index contributed by atoms with van der Waals surface area (Å²) in [5.41, 5.74) is 2.07. The number of rotatable bonds is 7. The van der Waals surface area contributed by atoms with Gasteiger partial charge in [0.2, 0.25) is 11.8 Å².